The zero-order chi connectivity index (χ0) is 17.2. The number of ether oxygens (including phenoxy) is 1. The summed E-state index contributed by atoms with van der Waals surface area (Å²) in [5, 5.41) is 7.36. The summed E-state index contributed by atoms with van der Waals surface area (Å²) in [6, 6.07) is 13.5. The van der Waals surface area contributed by atoms with Crippen molar-refractivity contribution in [3.05, 3.63) is 71.7 Å². The second-order valence-electron chi connectivity index (χ2n) is 5.91. The number of methoxy groups -OCH3 is 1. The molecular weight excluding hydrogens is 316 g/mol. The van der Waals surface area contributed by atoms with Gasteiger partial charge in [-0.15, -0.1) is 0 Å². The second kappa shape index (κ2) is 6.49. The highest BCUT2D eigenvalue weighted by Gasteiger charge is 2.41. The van der Waals surface area contributed by atoms with Crippen LogP contribution in [0.25, 0.3) is 11.3 Å². The Bertz CT molecular complexity index is 877. The summed E-state index contributed by atoms with van der Waals surface area (Å²) in [6.45, 7) is 0.979. The van der Waals surface area contributed by atoms with Gasteiger partial charge in [-0.25, -0.2) is 0 Å². The maximum atomic E-state index is 12.9. The summed E-state index contributed by atoms with van der Waals surface area (Å²) >= 11 is 0. The molecular formula is C19H18N4O2. The fraction of sp³-hybridized carbons (Fsp3) is 0.211. The number of rotatable bonds is 5. The van der Waals surface area contributed by atoms with Crippen molar-refractivity contribution < 1.29 is 9.53 Å². The van der Waals surface area contributed by atoms with Crippen molar-refractivity contribution >= 4 is 5.91 Å². The highest BCUT2D eigenvalue weighted by Crippen LogP contribution is 2.42. The molecule has 0 spiro atoms. The van der Waals surface area contributed by atoms with Gasteiger partial charge in [-0.3, -0.25) is 14.9 Å². The number of H-pyrrole nitrogens is 1. The molecule has 25 heavy (non-hydrogen) atoms. The number of hydrogen-bond donors (Lipinski definition) is 1. The van der Waals surface area contributed by atoms with Gasteiger partial charge in [0.05, 0.1) is 18.3 Å². The topological polar surface area (TPSA) is 71.1 Å². The highest BCUT2D eigenvalue weighted by molar-refractivity contribution is 6.00. The average Bonchev–Trinajstić information content (AvgIpc) is 3.21. The molecule has 1 N–H and O–H groups in total. The summed E-state index contributed by atoms with van der Waals surface area (Å²) in [6.07, 6.45) is 3.53. The average molecular weight is 334 g/mol. The quantitative estimate of drug-likeness (QED) is 0.779. The molecule has 0 bridgehead atoms. The number of pyridine rings is 1. The predicted octanol–water partition coefficient (Wildman–Crippen LogP) is 2.66. The van der Waals surface area contributed by atoms with E-state index >= 15 is 0 Å². The van der Waals surface area contributed by atoms with Gasteiger partial charge < -0.3 is 9.64 Å². The molecule has 1 atom stereocenters. The molecule has 126 valence electrons. The van der Waals surface area contributed by atoms with Crippen LogP contribution in [-0.2, 0) is 4.74 Å². The molecule has 6 heteroatoms. The zero-order valence-corrected chi connectivity index (χ0v) is 13.8. The molecule has 1 aromatic carbocycles. The lowest BCUT2D eigenvalue weighted by Gasteiger charge is -2.25. The Labute approximate surface area is 145 Å². The van der Waals surface area contributed by atoms with Crippen LogP contribution in [0.2, 0.25) is 0 Å². The molecule has 3 aromatic rings. The van der Waals surface area contributed by atoms with Crippen LogP contribution in [-0.4, -0.2) is 46.2 Å². The number of carbonyl (C=O) groups is 1. The number of aromatic amines is 1. The van der Waals surface area contributed by atoms with E-state index in [-0.39, 0.29) is 11.9 Å². The molecule has 1 amide bonds. The minimum Gasteiger partial charge on any atom is -0.383 e. The Kier molecular flexibility index (Phi) is 4.03. The van der Waals surface area contributed by atoms with Crippen LogP contribution in [0.3, 0.4) is 0 Å². The molecule has 4 rings (SSSR count). The zero-order valence-electron chi connectivity index (χ0n) is 13.8. The summed E-state index contributed by atoms with van der Waals surface area (Å²) < 4.78 is 5.19. The van der Waals surface area contributed by atoms with Crippen molar-refractivity contribution in [3.63, 3.8) is 0 Å². The van der Waals surface area contributed by atoms with E-state index in [9.17, 15) is 4.79 Å². The third-order valence-electron chi connectivity index (χ3n) is 4.45. The number of hydrogen-bond acceptors (Lipinski definition) is 4. The van der Waals surface area contributed by atoms with Crippen molar-refractivity contribution in [1.82, 2.24) is 20.1 Å². The lowest BCUT2D eigenvalue weighted by Crippen LogP contribution is -2.32. The van der Waals surface area contributed by atoms with Crippen LogP contribution in [0.1, 0.15) is 27.7 Å². The molecule has 0 unspecified atom stereocenters. The van der Waals surface area contributed by atoms with E-state index in [2.05, 4.69) is 15.2 Å². The van der Waals surface area contributed by atoms with E-state index < -0.39 is 0 Å². The van der Waals surface area contributed by atoms with Crippen molar-refractivity contribution in [3.8, 4) is 11.3 Å². The van der Waals surface area contributed by atoms with E-state index in [0.717, 1.165) is 22.4 Å². The SMILES string of the molecule is COCCN1C(=O)c2[nH]nc(-c3ccccc3)c2[C@@H]1c1cccnc1. The molecule has 0 aliphatic carbocycles. The standard InChI is InChI=1S/C19H18N4O2/c1-25-11-10-23-18(14-8-5-9-20-12-14)15-16(13-6-3-2-4-7-13)21-22-17(15)19(23)24/h2-9,12,18H,10-11H2,1H3,(H,21,22)/t18-/m0/s1. The van der Waals surface area contributed by atoms with Gasteiger partial charge in [0.2, 0.25) is 0 Å². The Morgan fingerprint density at radius 3 is 2.76 bits per heavy atom. The number of nitrogens with zero attached hydrogens (tertiary/aromatic N) is 3. The Balaban J connectivity index is 1.86. The third kappa shape index (κ3) is 2.60. The van der Waals surface area contributed by atoms with Crippen LogP contribution in [0.4, 0.5) is 0 Å². The predicted molar refractivity (Wildman–Crippen MR) is 93.0 cm³/mol. The van der Waals surface area contributed by atoms with Gasteiger partial charge in [-0.05, 0) is 11.6 Å². The summed E-state index contributed by atoms with van der Waals surface area (Å²) in [4.78, 5) is 19.0. The summed E-state index contributed by atoms with van der Waals surface area (Å²) in [5.74, 6) is -0.0596. The first-order chi connectivity index (χ1) is 12.3. The first-order valence-corrected chi connectivity index (χ1v) is 8.14. The number of benzene rings is 1. The molecule has 0 fully saturated rings. The minimum absolute atomic E-state index is 0.0596. The Morgan fingerprint density at radius 1 is 1.20 bits per heavy atom. The lowest BCUT2D eigenvalue weighted by atomic mass is 9.97. The Hall–Kier alpha value is -2.99. The number of amides is 1. The molecule has 1 aliphatic heterocycles. The maximum absolute atomic E-state index is 12.9. The monoisotopic (exact) mass is 334 g/mol. The van der Waals surface area contributed by atoms with E-state index in [1.54, 1.807) is 19.5 Å². The van der Waals surface area contributed by atoms with Gasteiger partial charge in [0, 0.05) is 37.2 Å². The van der Waals surface area contributed by atoms with Gasteiger partial charge in [-0.2, -0.15) is 5.10 Å². The first kappa shape index (κ1) is 15.5. The molecule has 1 aliphatic rings. The molecule has 0 saturated carbocycles. The molecule has 3 heterocycles. The molecule has 0 radical (unpaired) electrons. The fourth-order valence-corrected chi connectivity index (χ4v) is 3.32. The minimum atomic E-state index is -0.222. The fourth-order valence-electron chi connectivity index (χ4n) is 3.32. The van der Waals surface area contributed by atoms with Crippen LogP contribution < -0.4 is 0 Å². The number of aromatic nitrogens is 3. The van der Waals surface area contributed by atoms with Gasteiger partial charge in [0.1, 0.15) is 5.69 Å². The maximum Gasteiger partial charge on any atom is 0.273 e. The van der Waals surface area contributed by atoms with E-state index in [1.165, 1.54) is 0 Å². The van der Waals surface area contributed by atoms with Crippen LogP contribution in [0.5, 0.6) is 0 Å². The number of fused-ring (bicyclic) bond motifs is 1. The first-order valence-electron chi connectivity index (χ1n) is 8.14. The van der Waals surface area contributed by atoms with Crippen LogP contribution in [0, 0.1) is 0 Å². The van der Waals surface area contributed by atoms with E-state index in [1.807, 2.05) is 47.4 Å². The normalized spacial score (nSPS) is 16.3. The second-order valence-corrected chi connectivity index (χ2v) is 5.91. The molecule has 6 nitrogen and oxygen atoms in total. The third-order valence-corrected chi connectivity index (χ3v) is 4.45. The van der Waals surface area contributed by atoms with Crippen molar-refractivity contribution in [2.75, 3.05) is 20.3 Å². The van der Waals surface area contributed by atoms with Gasteiger partial charge >= 0.3 is 0 Å². The van der Waals surface area contributed by atoms with Crippen molar-refractivity contribution in [2.24, 2.45) is 0 Å². The van der Waals surface area contributed by atoms with Gasteiger partial charge in [0.25, 0.3) is 5.91 Å². The highest BCUT2D eigenvalue weighted by atomic mass is 16.5. The van der Waals surface area contributed by atoms with Gasteiger partial charge in [0.15, 0.2) is 0 Å². The summed E-state index contributed by atoms with van der Waals surface area (Å²) in [7, 11) is 1.63. The number of carbonyl (C=O) groups excluding carboxylic acids is 1. The summed E-state index contributed by atoms with van der Waals surface area (Å²) in [5.41, 5.74) is 4.20. The smallest absolute Gasteiger partial charge is 0.273 e. The van der Waals surface area contributed by atoms with Crippen LogP contribution in [0.15, 0.2) is 54.9 Å². The van der Waals surface area contributed by atoms with E-state index in [0.29, 0.717) is 18.8 Å². The van der Waals surface area contributed by atoms with Gasteiger partial charge in [-0.1, -0.05) is 36.4 Å². The Morgan fingerprint density at radius 2 is 2.04 bits per heavy atom. The molecule has 0 saturated heterocycles. The number of nitrogens with one attached hydrogen (secondary N) is 1. The van der Waals surface area contributed by atoms with Crippen molar-refractivity contribution in [1.29, 1.82) is 0 Å². The van der Waals surface area contributed by atoms with Crippen molar-refractivity contribution in [2.45, 2.75) is 6.04 Å². The largest absolute Gasteiger partial charge is 0.383 e. The van der Waals surface area contributed by atoms with Crippen LogP contribution >= 0.6 is 0 Å². The molecule has 2 aromatic heterocycles. The lowest BCUT2D eigenvalue weighted by molar-refractivity contribution is 0.0677. The van der Waals surface area contributed by atoms with E-state index in [4.69, 9.17) is 4.74 Å².